The Morgan fingerprint density at radius 3 is 2.37 bits per heavy atom. The molecule has 0 aromatic rings. The number of fused-ring (bicyclic) bond motifs is 1. The van der Waals surface area contributed by atoms with E-state index in [1.165, 1.54) is 45.1 Å². The lowest BCUT2D eigenvalue weighted by atomic mass is 9.84. The Kier molecular flexibility index (Phi) is 6.38. The normalized spacial score (nSPS) is 49.1. The van der Waals surface area contributed by atoms with Gasteiger partial charge in [-0.05, 0) is 50.9 Å². The van der Waals surface area contributed by atoms with Gasteiger partial charge in [0.2, 0.25) is 0 Å². The molecule has 2 heterocycles. The SMILES string of the molecule is CCC1CCC(N2CCC3CNC(NC4CC(O)C(O)C(O)C4)NC32)CC1. The van der Waals surface area contributed by atoms with Gasteiger partial charge in [0.25, 0.3) is 0 Å². The van der Waals surface area contributed by atoms with Crippen LogP contribution in [-0.2, 0) is 0 Å². The summed E-state index contributed by atoms with van der Waals surface area (Å²) in [5.41, 5.74) is 0. The van der Waals surface area contributed by atoms with Crippen LogP contribution in [0.25, 0.3) is 0 Å². The molecule has 2 saturated heterocycles. The fraction of sp³-hybridized carbons (Fsp3) is 1.00. The molecule has 4 aliphatic rings. The van der Waals surface area contributed by atoms with E-state index in [2.05, 4.69) is 27.8 Å². The molecule has 7 heteroatoms. The van der Waals surface area contributed by atoms with Crippen molar-refractivity contribution in [1.29, 1.82) is 0 Å². The maximum atomic E-state index is 9.95. The van der Waals surface area contributed by atoms with Crippen LogP contribution < -0.4 is 16.0 Å². The Labute approximate surface area is 162 Å². The lowest BCUT2D eigenvalue weighted by molar-refractivity contribution is -0.0950. The molecule has 4 fully saturated rings. The summed E-state index contributed by atoms with van der Waals surface area (Å²) < 4.78 is 0. The third-order valence-corrected chi connectivity index (χ3v) is 7.59. The van der Waals surface area contributed by atoms with Crippen LogP contribution in [0.1, 0.15) is 58.3 Å². The number of hydrogen-bond acceptors (Lipinski definition) is 7. The molecule has 156 valence electrons. The van der Waals surface area contributed by atoms with Crippen molar-refractivity contribution in [2.24, 2.45) is 11.8 Å². The van der Waals surface area contributed by atoms with Gasteiger partial charge in [0.05, 0.1) is 18.4 Å². The highest BCUT2D eigenvalue weighted by Gasteiger charge is 2.43. The van der Waals surface area contributed by atoms with Crippen molar-refractivity contribution < 1.29 is 15.3 Å². The first kappa shape index (κ1) is 20.0. The van der Waals surface area contributed by atoms with Gasteiger partial charge in [0, 0.05) is 31.1 Å². The summed E-state index contributed by atoms with van der Waals surface area (Å²) in [6.07, 6.45) is 6.55. The van der Waals surface area contributed by atoms with Crippen LogP contribution in [0.3, 0.4) is 0 Å². The number of aliphatic hydroxyl groups is 3. The summed E-state index contributed by atoms with van der Waals surface area (Å²) in [7, 11) is 0. The first-order chi connectivity index (χ1) is 13.0. The molecular weight excluding hydrogens is 344 g/mol. The largest absolute Gasteiger partial charge is 0.390 e. The van der Waals surface area contributed by atoms with E-state index in [-0.39, 0.29) is 12.3 Å². The Morgan fingerprint density at radius 1 is 1.00 bits per heavy atom. The fourth-order valence-electron chi connectivity index (χ4n) is 5.81. The second kappa shape index (κ2) is 8.61. The Morgan fingerprint density at radius 2 is 1.70 bits per heavy atom. The number of likely N-dealkylation sites (tertiary alicyclic amines) is 1. The molecule has 4 rings (SSSR count). The Hall–Kier alpha value is -0.280. The fourth-order valence-corrected chi connectivity index (χ4v) is 5.81. The quantitative estimate of drug-likeness (QED) is 0.404. The molecule has 0 aromatic heterocycles. The zero-order valence-corrected chi connectivity index (χ0v) is 16.6. The van der Waals surface area contributed by atoms with Gasteiger partial charge in [-0.3, -0.25) is 20.9 Å². The van der Waals surface area contributed by atoms with E-state index in [4.69, 9.17) is 0 Å². The van der Waals surface area contributed by atoms with E-state index in [0.717, 1.165) is 12.5 Å². The molecular formula is C20H38N4O3. The van der Waals surface area contributed by atoms with Crippen LogP contribution in [0.5, 0.6) is 0 Å². The van der Waals surface area contributed by atoms with Crippen LogP contribution in [0, 0.1) is 11.8 Å². The van der Waals surface area contributed by atoms with E-state index < -0.39 is 18.3 Å². The molecule has 2 aliphatic heterocycles. The molecule has 0 radical (unpaired) electrons. The summed E-state index contributed by atoms with van der Waals surface area (Å²) in [6.45, 7) is 4.50. The number of nitrogens with one attached hydrogen (secondary N) is 3. The predicted molar refractivity (Wildman–Crippen MR) is 104 cm³/mol. The minimum Gasteiger partial charge on any atom is -0.390 e. The lowest BCUT2D eigenvalue weighted by Crippen LogP contribution is -2.69. The van der Waals surface area contributed by atoms with Gasteiger partial charge >= 0.3 is 0 Å². The van der Waals surface area contributed by atoms with Gasteiger partial charge in [-0.1, -0.05) is 13.3 Å². The van der Waals surface area contributed by atoms with Gasteiger partial charge in [-0.2, -0.15) is 0 Å². The van der Waals surface area contributed by atoms with Crippen LogP contribution in [0.4, 0.5) is 0 Å². The number of rotatable bonds is 4. The maximum absolute atomic E-state index is 9.95. The van der Waals surface area contributed by atoms with Crippen molar-refractivity contribution in [3.05, 3.63) is 0 Å². The minimum atomic E-state index is -1.02. The van der Waals surface area contributed by atoms with Crippen molar-refractivity contribution in [2.45, 2.75) is 101 Å². The molecule has 0 bridgehead atoms. The van der Waals surface area contributed by atoms with Gasteiger partial charge in [-0.25, -0.2) is 0 Å². The predicted octanol–water partition coefficient (Wildman–Crippen LogP) is -0.0857. The number of aliphatic hydroxyl groups excluding tert-OH is 3. The smallest absolute Gasteiger partial charge is 0.113 e. The standard InChI is InChI=1S/C20H38N4O3/c1-2-12-3-5-15(6-4-12)24-8-7-13-11-21-20(23-19(13)24)22-14-9-16(25)18(27)17(26)10-14/h12-23,25-27H,2-11H2,1H3. The van der Waals surface area contributed by atoms with Crippen LogP contribution in [0.2, 0.25) is 0 Å². The van der Waals surface area contributed by atoms with E-state index in [1.54, 1.807) is 0 Å². The molecule has 0 aromatic carbocycles. The minimum absolute atomic E-state index is 0.00482. The Bertz CT molecular complexity index is 476. The van der Waals surface area contributed by atoms with Crippen molar-refractivity contribution in [3.63, 3.8) is 0 Å². The second-order valence-electron chi connectivity index (χ2n) is 9.28. The van der Waals surface area contributed by atoms with Gasteiger partial charge in [0.1, 0.15) is 12.4 Å². The van der Waals surface area contributed by atoms with E-state index in [0.29, 0.717) is 31.0 Å². The average molecular weight is 383 g/mol. The maximum Gasteiger partial charge on any atom is 0.113 e. The summed E-state index contributed by atoms with van der Waals surface area (Å²) in [4.78, 5) is 2.71. The third-order valence-electron chi connectivity index (χ3n) is 7.59. The van der Waals surface area contributed by atoms with Crippen LogP contribution >= 0.6 is 0 Å². The molecule has 2 aliphatic carbocycles. The lowest BCUT2D eigenvalue weighted by Gasteiger charge is -2.45. The van der Waals surface area contributed by atoms with Crippen molar-refractivity contribution in [3.8, 4) is 0 Å². The molecule has 7 nitrogen and oxygen atoms in total. The summed E-state index contributed by atoms with van der Waals surface area (Å²) in [5, 5.41) is 40.5. The Balaban J connectivity index is 1.32. The molecule has 0 amide bonds. The zero-order valence-electron chi connectivity index (χ0n) is 16.6. The number of nitrogens with zero attached hydrogens (tertiary/aromatic N) is 1. The highest BCUT2D eigenvalue weighted by Crippen LogP contribution is 2.35. The molecule has 6 N–H and O–H groups in total. The summed E-state index contributed by atoms with van der Waals surface area (Å²) in [6, 6.07) is 0.706. The topological polar surface area (TPSA) is 100 Å². The van der Waals surface area contributed by atoms with Gasteiger partial charge in [-0.15, -0.1) is 0 Å². The summed E-state index contributed by atoms with van der Waals surface area (Å²) in [5.74, 6) is 1.57. The first-order valence-corrected chi connectivity index (χ1v) is 11.1. The first-order valence-electron chi connectivity index (χ1n) is 11.1. The molecule has 0 spiro atoms. The van der Waals surface area contributed by atoms with E-state index in [1.807, 2.05) is 0 Å². The van der Waals surface area contributed by atoms with Crippen LogP contribution in [-0.4, -0.2) is 76.2 Å². The van der Waals surface area contributed by atoms with Gasteiger partial charge in [0.15, 0.2) is 0 Å². The molecule has 2 saturated carbocycles. The highest BCUT2D eigenvalue weighted by atomic mass is 16.4. The third kappa shape index (κ3) is 4.34. The van der Waals surface area contributed by atoms with E-state index >= 15 is 0 Å². The summed E-state index contributed by atoms with van der Waals surface area (Å²) >= 11 is 0. The molecule has 5 atom stereocenters. The van der Waals surface area contributed by atoms with Gasteiger partial charge < -0.3 is 15.3 Å². The monoisotopic (exact) mass is 382 g/mol. The van der Waals surface area contributed by atoms with Crippen molar-refractivity contribution >= 4 is 0 Å². The number of hydrogen-bond donors (Lipinski definition) is 6. The molecule has 5 unspecified atom stereocenters. The molecule has 27 heavy (non-hydrogen) atoms. The van der Waals surface area contributed by atoms with Crippen LogP contribution in [0.15, 0.2) is 0 Å². The second-order valence-corrected chi connectivity index (χ2v) is 9.28. The zero-order chi connectivity index (χ0) is 19.0. The van der Waals surface area contributed by atoms with E-state index in [9.17, 15) is 15.3 Å². The highest BCUT2D eigenvalue weighted by molar-refractivity contribution is 4.97. The van der Waals surface area contributed by atoms with Crippen molar-refractivity contribution in [2.75, 3.05) is 13.1 Å². The average Bonchev–Trinajstić information content (AvgIpc) is 3.09. The van der Waals surface area contributed by atoms with Crippen molar-refractivity contribution in [1.82, 2.24) is 20.9 Å².